The van der Waals surface area contributed by atoms with Crippen LogP contribution >= 0.6 is 11.8 Å². The second-order valence-electron chi connectivity index (χ2n) is 4.25. The Labute approximate surface area is 107 Å². The van der Waals surface area contributed by atoms with Crippen molar-refractivity contribution in [2.75, 3.05) is 12.4 Å². The molecule has 1 aromatic rings. The Morgan fingerprint density at radius 1 is 1.41 bits per heavy atom. The van der Waals surface area contributed by atoms with E-state index < -0.39 is 0 Å². The van der Waals surface area contributed by atoms with E-state index in [4.69, 9.17) is 16.2 Å². The van der Waals surface area contributed by atoms with Crippen molar-refractivity contribution in [3.05, 3.63) is 35.9 Å². The Morgan fingerprint density at radius 2 is 2.06 bits per heavy atom. The molecule has 17 heavy (non-hydrogen) atoms. The van der Waals surface area contributed by atoms with Gasteiger partial charge in [0.2, 0.25) is 0 Å². The lowest BCUT2D eigenvalue weighted by Crippen LogP contribution is -2.14. The van der Waals surface area contributed by atoms with Crippen LogP contribution in [0.5, 0.6) is 0 Å². The van der Waals surface area contributed by atoms with E-state index in [0.717, 1.165) is 5.75 Å². The zero-order valence-corrected chi connectivity index (χ0v) is 10.9. The number of hydrogen-bond donors (Lipinski definition) is 3. The van der Waals surface area contributed by atoms with E-state index in [-0.39, 0.29) is 23.6 Å². The standard InChI is InChI=1S/C13H20N2OS/c1-10(8-16)9-17-12(7-13(14)15)11-5-3-2-4-6-11/h2-6,10,12,16H,7-9H2,1H3,(H3,14,15). The molecule has 1 aromatic carbocycles. The van der Waals surface area contributed by atoms with Crippen LogP contribution in [0.15, 0.2) is 30.3 Å². The minimum atomic E-state index is 0.203. The molecule has 0 heterocycles. The fourth-order valence-corrected chi connectivity index (χ4v) is 2.79. The van der Waals surface area contributed by atoms with Crippen molar-refractivity contribution in [1.82, 2.24) is 0 Å². The highest BCUT2D eigenvalue weighted by Gasteiger charge is 2.14. The van der Waals surface area contributed by atoms with Gasteiger partial charge in [0.15, 0.2) is 0 Å². The summed E-state index contributed by atoms with van der Waals surface area (Å²) in [7, 11) is 0. The Balaban J connectivity index is 2.64. The predicted octanol–water partition coefficient (Wildman–Crippen LogP) is 2.42. The van der Waals surface area contributed by atoms with Crippen LogP contribution < -0.4 is 5.73 Å². The normalized spacial score (nSPS) is 14.2. The highest BCUT2D eigenvalue weighted by atomic mass is 32.2. The Hall–Kier alpha value is -1.00. The minimum absolute atomic E-state index is 0.203. The summed E-state index contributed by atoms with van der Waals surface area (Å²) < 4.78 is 0. The van der Waals surface area contributed by atoms with Gasteiger partial charge in [-0.2, -0.15) is 11.8 Å². The zero-order valence-electron chi connectivity index (χ0n) is 10.1. The molecule has 4 heteroatoms. The van der Waals surface area contributed by atoms with Crippen molar-refractivity contribution in [3.63, 3.8) is 0 Å². The average molecular weight is 252 g/mol. The second-order valence-corrected chi connectivity index (χ2v) is 5.49. The van der Waals surface area contributed by atoms with Gasteiger partial charge in [-0.3, -0.25) is 5.41 Å². The van der Waals surface area contributed by atoms with Crippen LogP contribution in [-0.4, -0.2) is 23.3 Å². The molecule has 2 atom stereocenters. The van der Waals surface area contributed by atoms with Gasteiger partial charge >= 0.3 is 0 Å². The second kappa shape index (κ2) is 7.35. The quantitative estimate of drug-likeness (QED) is 0.515. The Morgan fingerprint density at radius 3 is 2.59 bits per heavy atom. The van der Waals surface area contributed by atoms with Gasteiger partial charge in [-0.25, -0.2) is 0 Å². The smallest absolute Gasteiger partial charge is 0.0919 e. The van der Waals surface area contributed by atoms with E-state index in [1.54, 1.807) is 11.8 Å². The third kappa shape index (κ3) is 5.24. The summed E-state index contributed by atoms with van der Waals surface area (Å²) in [6.07, 6.45) is 0.562. The summed E-state index contributed by atoms with van der Waals surface area (Å²) in [6, 6.07) is 10.1. The van der Waals surface area contributed by atoms with E-state index in [1.807, 2.05) is 25.1 Å². The summed E-state index contributed by atoms with van der Waals surface area (Å²) >= 11 is 1.75. The van der Waals surface area contributed by atoms with Crippen LogP contribution in [0.4, 0.5) is 0 Å². The number of amidine groups is 1. The molecule has 0 amide bonds. The summed E-state index contributed by atoms with van der Waals surface area (Å²) in [5.41, 5.74) is 6.68. The van der Waals surface area contributed by atoms with Gasteiger partial charge in [0.25, 0.3) is 0 Å². The molecule has 94 valence electrons. The molecular formula is C13H20N2OS. The molecule has 0 radical (unpaired) electrons. The SMILES string of the molecule is CC(CO)CSC(CC(=N)N)c1ccccc1. The van der Waals surface area contributed by atoms with Gasteiger partial charge in [-0.1, -0.05) is 37.3 Å². The molecule has 0 aliphatic rings. The summed E-state index contributed by atoms with van der Waals surface area (Å²) in [5, 5.41) is 16.7. The van der Waals surface area contributed by atoms with Crippen molar-refractivity contribution >= 4 is 17.6 Å². The number of nitrogens with two attached hydrogens (primary N) is 1. The molecule has 0 bridgehead atoms. The number of hydrogen-bond acceptors (Lipinski definition) is 3. The number of aliphatic hydroxyl groups excluding tert-OH is 1. The zero-order chi connectivity index (χ0) is 12.7. The van der Waals surface area contributed by atoms with Gasteiger partial charge in [-0.15, -0.1) is 0 Å². The monoisotopic (exact) mass is 252 g/mol. The van der Waals surface area contributed by atoms with Gasteiger partial charge in [0.1, 0.15) is 0 Å². The first-order valence-electron chi connectivity index (χ1n) is 5.73. The maximum absolute atomic E-state index is 9.02. The van der Waals surface area contributed by atoms with E-state index in [0.29, 0.717) is 6.42 Å². The summed E-state index contributed by atoms with van der Waals surface area (Å²) in [4.78, 5) is 0. The molecule has 0 spiro atoms. The van der Waals surface area contributed by atoms with Crippen molar-refractivity contribution in [2.24, 2.45) is 11.7 Å². The highest BCUT2D eigenvalue weighted by Crippen LogP contribution is 2.33. The molecule has 0 fully saturated rings. The lowest BCUT2D eigenvalue weighted by molar-refractivity contribution is 0.250. The lowest BCUT2D eigenvalue weighted by atomic mass is 10.1. The number of benzene rings is 1. The van der Waals surface area contributed by atoms with Crippen LogP contribution in [0.2, 0.25) is 0 Å². The van der Waals surface area contributed by atoms with Crippen molar-refractivity contribution in [3.8, 4) is 0 Å². The van der Waals surface area contributed by atoms with E-state index in [9.17, 15) is 0 Å². The van der Waals surface area contributed by atoms with Gasteiger partial charge < -0.3 is 10.8 Å². The largest absolute Gasteiger partial charge is 0.396 e. The van der Waals surface area contributed by atoms with E-state index in [1.165, 1.54) is 5.56 Å². The van der Waals surface area contributed by atoms with Crippen LogP contribution in [0.3, 0.4) is 0 Å². The van der Waals surface area contributed by atoms with Crippen LogP contribution in [-0.2, 0) is 0 Å². The third-order valence-corrected chi connectivity index (χ3v) is 4.07. The van der Waals surface area contributed by atoms with Gasteiger partial charge in [0, 0.05) is 18.3 Å². The van der Waals surface area contributed by atoms with E-state index >= 15 is 0 Å². The molecule has 0 aliphatic carbocycles. The number of aliphatic hydroxyl groups is 1. The van der Waals surface area contributed by atoms with Crippen molar-refractivity contribution in [2.45, 2.75) is 18.6 Å². The van der Waals surface area contributed by atoms with Crippen molar-refractivity contribution < 1.29 is 5.11 Å². The van der Waals surface area contributed by atoms with Gasteiger partial charge in [0.05, 0.1) is 5.84 Å². The summed E-state index contributed by atoms with van der Waals surface area (Å²) in [6.45, 7) is 2.22. The maximum Gasteiger partial charge on any atom is 0.0919 e. The van der Waals surface area contributed by atoms with Crippen LogP contribution in [0.1, 0.15) is 24.2 Å². The number of rotatable bonds is 7. The molecule has 1 rings (SSSR count). The fourth-order valence-electron chi connectivity index (χ4n) is 1.47. The Bertz CT molecular complexity index is 343. The van der Waals surface area contributed by atoms with Crippen molar-refractivity contribution in [1.29, 1.82) is 5.41 Å². The number of thioether (sulfide) groups is 1. The third-order valence-electron chi connectivity index (χ3n) is 2.47. The molecule has 2 unspecified atom stereocenters. The van der Waals surface area contributed by atoms with Crippen LogP contribution in [0.25, 0.3) is 0 Å². The molecule has 4 N–H and O–H groups in total. The minimum Gasteiger partial charge on any atom is -0.396 e. The predicted molar refractivity (Wildman–Crippen MR) is 74.4 cm³/mol. The molecule has 0 saturated carbocycles. The molecule has 0 saturated heterocycles. The first-order chi connectivity index (χ1) is 8.13. The molecule has 3 nitrogen and oxygen atoms in total. The number of nitrogens with one attached hydrogen (secondary N) is 1. The fraction of sp³-hybridized carbons (Fsp3) is 0.462. The lowest BCUT2D eigenvalue weighted by Gasteiger charge is -2.18. The summed E-state index contributed by atoms with van der Waals surface area (Å²) in [5.74, 6) is 1.37. The Kier molecular flexibility index (Phi) is 6.08. The highest BCUT2D eigenvalue weighted by molar-refractivity contribution is 7.99. The van der Waals surface area contributed by atoms with Gasteiger partial charge in [-0.05, 0) is 17.2 Å². The molecular weight excluding hydrogens is 232 g/mol. The first kappa shape index (κ1) is 14.1. The molecule has 0 aliphatic heterocycles. The average Bonchev–Trinajstić information content (AvgIpc) is 2.34. The van der Waals surface area contributed by atoms with E-state index in [2.05, 4.69) is 12.1 Å². The van der Waals surface area contributed by atoms with Crippen LogP contribution in [0, 0.1) is 11.3 Å². The topological polar surface area (TPSA) is 70.1 Å². The first-order valence-corrected chi connectivity index (χ1v) is 6.78. The molecule has 0 aromatic heterocycles. The maximum atomic E-state index is 9.02.